The second-order valence-corrected chi connectivity index (χ2v) is 6.05. The van der Waals surface area contributed by atoms with Gasteiger partial charge in [0.25, 0.3) is 0 Å². The summed E-state index contributed by atoms with van der Waals surface area (Å²) in [6.07, 6.45) is 4.83. The molecule has 1 saturated heterocycles. The Bertz CT molecular complexity index is 274. The summed E-state index contributed by atoms with van der Waals surface area (Å²) in [7, 11) is 0. The van der Waals surface area contributed by atoms with E-state index >= 15 is 0 Å². The Morgan fingerprint density at radius 1 is 1.28 bits per heavy atom. The first-order valence-corrected chi connectivity index (χ1v) is 7.39. The summed E-state index contributed by atoms with van der Waals surface area (Å²) in [6, 6.07) is 0.891. The fourth-order valence-electron chi connectivity index (χ4n) is 2.98. The van der Waals surface area contributed by atoms with Gasteiger partial charge in [-0.1, -0.05) is 6.92 Å². The number of amides is 1. The van der Waals surface area contributed by atoms with Crippen molar-refractivity contribution in [3.63, 3.8) is 0 Å². The van der Waals surface area contributed by atoms with Crippen LogP contribution < -0.4 is 10.6 Å². The highest BCUT2D eigenvalue weighted by molar-refractivity contribution is 5.78. The molecule has 4 nitrogen and oxygen atoms in total. The number of nitrogens with one attached hydrogen (secondary N) is 2. The molecule has 0 spiro atoms. The van der Waals surface area contributed by atoms with Crippen molar-refractivity contribution < 1.29 is 4.79 Å². The minimum atomic E-state index is 0.211. The molecule has 1 heterocycles. The van der Waals surface area contributed by atoms with Crippen molar-refractivity contribution in [3.8, 4) is 0 Å². The summed E-state index contributed by atoms with van der Waals surface area (Å²) in [4.78, 5) is 14.3. The van der Waals surface area contributed by atoms with Gasteiger partial charge in [-0.15, -0.1) is 0 Å². The number of carbonyl (C=O) groups excluding carboxylic acids is 1. The standard InChI is InChI=1S/C14H27N3O/c1-11-3-5-13(6-4-11)16-14(18)10-17-8-7-15-9-12(17)2/h11-13,15H,3-10H2,1-2H3,(H,16,18)/t11?,12-,13?/m1/s1. The van der Waals surface area contributed by atoms with E-state index in [9.17, 15) is 4.79 Å². The van der Waals surface area contributed by atoms with E-state index in [0.717, 1.165) is 38.4 Å². The topological polar surface area (TPSA) is 44.4 Å². The summed E-state index contributed by atoms with van der Waals surface area (Å²) in [6.45, 7) is 8.03. The van der Waals surface area contributed by atoms with Crippen LogP contribution in [0.15, 0.2) is 0 Å². The van der Waals surface area contributed by atoms with Crippen molar-refractivity contribution >= 4 is 5.91 Å². The first-order chi connectivity index (χ1) is 8.65. The molecule has 1 amide bonds. The molecule has 4 heteroatoms. The molecule has 1 aliphatic heterocycles. The molecule has 2 aliphatic rings. The summed E-state index contributed by atoms with van der Waals surface area (Å²) >= 11 is 0. The molecular formula is C14H27N3O. The van der Waals surface area contributed by atoms with Crippen LogP contribution in [0.4, 0.5) is 0 Å². The predicted molar refractivity (Wildman–Crippen MR) is 73.5 cm³/mol. The van der Waals surface area contributed by atoms with Crippen molar-refractivity contribution in [1.82, 2.24) is 15.5 Å². The number of hydrogen-bond acceptors (Lipinski definition) is 3. The summed E-state index contributed by atoms with van der Waals surface area (Å²) in [5.41, 5.74) is 0. The molecule has 2 rings (SSSR count). The van der Waals surface area contributed by atoms with Gasteiger partial charge in [-0.25, -0.2) is 0 Å². The first kappa shape index (κ1) is 13.8. The minimum absolute atomic E-state index is 0.211. The smallest absolute Gasteiger partial charge is 0.234 e. The fourth-order valence-corrected chi connectivity index (χ4v) is 2.98. The lowest BCUT2D eigenvalue weighted by molar-refractivity contribution is -0.123. The van der Waals surface area contributed by atoms with Crippen LogP contribution in [-0.4, -0.2) is 49.1 Å². The quantitative estimate of drug-likeness (QED) is 0.788. The number of piperazine rings is 1. The van der Waals surface area contributed by atoms with Gasteiger partial charge in [-0.2, -0.15) is 0 Å². The SMILES string of the molecule is CC1CCC(NC(=O)CN2CCNC[C@H]2C)CC1. The van der Waals surface area contributed by atoms with Gasteiger partial charge < -0.3 is 10.6 Å². The Balaban J connectivity index is 1.71. The maximum atomic E-state index is 12.0. The Morgan fingerprint density at radius 2 is 2.00 bits per heavy atom. The van der Waals surface area contributed by atoms with Crippen LogP contribution in [0.1, 0.15) is 39.5 Å². The van der Waals surface area contributed by atoms with E-state index in [4.69, 9.17) is 0 Å². The van der Waals surface area contributed by atoms with Crippen molar-refractivity contribution in [3.05, 3.63) is 0 Å². The molecule has 0 radical (unpaired) electrons. The van der Waals surface area contributed by atoms with Gasteiger partial charge in [0.15, 0.2) is 0 Å². The Kier molecular flexibility index (Phi) is 5.01. The molecule has 2 fully saturated rings. The van der Waals surface area contributed by atoms with Gasteiger partial charge in [0, 0.05) is 31.7 Å². The first-order valence-electron chi connectivity index (χ1n) is 7.39. The van der Waals surface area contributed by atoms with Gasteiger partial charge in [0.1, 0.15) is 0 Å². The maximum absolute atomic E-state index is 12.0. The molecule has 2 N–H and O–H groups in total. The molecule has 0 aromatic carbocycles. The molecule has 1 atom stereocenters. The average molecular weight is 253 g/mol. The monoisotopic (exact) mass is 253 g/mol. The van der Waals surface area contributed by atoms with E-state index in [1.165, 1.54) is 12.8 Å². The third-order valence-electron chi connectivity index (χ3n) is 4.37. The van der Waals surface area contributed by atoms with E-state index < -0.39 is 0 Å². The number of carbonyl (C=O) groups is 1. The van der Waals surface area contributed by atoms with E-state index in [-0.39, 0.29) is 5.91 Å². The summed E-state index contributed by atoms with van der Waals surface area (Å²) < 4.78 is 0. The second kappa shape index (κ2) is 6.53. The van der Waals surface area contributed by atoms with Crippen molar-refractivity contribution in [1.29, 1.82) is 0 Å². The highest BCUT2D eigenvalue weighted by Gasteiger charge is 2.23. The number of nitrogens with zero attached hydrogens (tertiary/aromatic N) is 1. The van der Waals surface area contributed by atoms with Gasteiger partial charge >= 0.3 is 0 Å². The largest absolute Gasteiger partial charge is 0.352 e. The average Bonchev–Trinajstić information content (AvgIpc) is 2.35. The van der Waals surface area contributed by atoms with Crippen molar-refractivity contribution in [2.75, 3.05) is 26.2 Å². The normalized spacial score (nSPS) is 34.2. The molecule has 0 aromatic heterocycles. The second-order valence-electron chi connectivity index (χ2n) is 6.05. The molecule has 104 valence electrons. The van der Waals surface area contributed by atoms with Crippen LogP contribution in [-0.2, 0) is 4.79 Å². The van der Waals surface area contributed by atoms with Gasteiger partial charge in [-0.3, -0.25) is 9.69 Å². The van der Waals surface area contributed by atoms with E-state index in [1.807, 2.05) is 0 Å². The highest BCUT2D eigenvalue weighted by Crippen LogP contribution is 2.23. The van der Waals surface area contributed by atoms with Crippen molar-refractivity contribution in [2.45, 2.75) is 51.6 Å². The Labute approximate surface area is 110 Å². The molecule has 1 aliphatic carbocycles. The van der Waals surface area contributed by atoms with Crippen molar-refractivity contribution in [2.24, 2.45) is 5.92 Å². The zero-order valence-corrected chi connectivity index (χ0v) is 11.7. The maximum Gasteiger partial charge on any atom is 0.234 e. The minimum Gasteiger partial charge on any atom is -0.352 e. The van der Waals surface area contributed by atoms with Crippen LogP contribution in [0.25, 0.3) is 0 Å². The lowest BCUT2D eigenvalue weighted by atomic mass is 9.87. The number of hydrogen-bond donors (Lipinski definition) is 2. The third-order valence-corrected chi connectivity index (χ3v) is 4.37. The molecule has 0 aromatic rings. The molecule has 0 bridgehead atoms. The Morgan fingerprint density at radius 3 is 2.67 bits per heavy atom. The number of rotatable bonds is 3. The fraction of sp³-hybridized carbons (Fsp3) is 0.929. The van der Waals surface area contributed by atoms with Crippen LogP contribution in [0.5, 0.6) is 0 Å². The summed E-state index contributed by atoms with van der Waals surface area (Å²) in [5, 5.41) is 6.56. The van der Waals surface area contributed by atoms with Gasteiger partial charge in [0.2, 0.25) is 5.91 Å². The van der Waals surface area contributed by atoms with E-state index in [0.29, 0.717) is 18.6 Å². The van der Waals surface area contributed by atoms with Crippen LogP contribution in [0.3, 0.4) is 0 Å². The van der Waals surface area contributed by atoms with E-state index in [1.54, 1.807) is 0 Å². The predicted octanol–water partition coefficient (Wildman–Crippen LogP) is 0.975. The van der Waals surface area contributed by atoms with Gasteiger partial charge in [0.05, 0.1) is 6.54 Å². The highest BCUT2D eigenvalue weighted by atomic mass is 16.2. The molecule has 18 heavy (non-hydrogen) atoms. The summed E-state index contributed by atoms with van der Waals surface area (Å²) in [5.74, 6) is 1.05. The molecule has 1 saturated carbocycles. The lowest BCUT2D eigenvalue weighted by Gasteiger charge is -2.34. The van der Waals surface area contributed by atoms with Crippen LogP contribution in [0, 0.1) is 5.92 Å². The molecule has 0 unspecified atom stereocenters. The lowest BCUT2D eigenvalue weighted by Crippen LogP contribution is -2.53. The van der Waals surface area contributed by atoms with E-state index in [2.05, 4.69) is 29.4 Å². The van der Waals surface area contributed by atoms with Gasteiger partial charge in [-0.05, 0) is 38.5 Å². The van der Waals surface area contributed by atoms with Crippen LogP contribution in [0.2, 0.25) is 0 Å². The third kappa shape index (κ3) is 3.95. The zero-order chi connectivity index (χ0) is 13.0. The zero-order valence-electron chi connectivity index (χ0n) is 11.7. The van der Waals surface area contributed by atoms with Crippen LogP contribution >= 0.6 is 0 Å². The Hall–Kier alpha value is -0.610. The molecular weight excluding hydrogens is 226 g/mol.